The maximum absolute atomic E-state index is 9.78. The minimum atomic E-state index is -1.37. The molecule has 0 saturated carbocycles. The number of rotatable bonds is 1. The van der Waals surface area contributed by atoms with Crippen LogP contribution in [0.3, 0.4) is 0 Å². The van der Waals surface area contributed by atoms with Crippen LogP contribution >= 0.6 is 0 Å². The summed E-state index contributed by atoms with van der Waals surface area (Å²) >= 11 is 0. The predicted octanol–water partition coefficient (Wildman–Crippen LogP) is -2.15. The molecule has 0 amide bonds. The van der Waals surface area contributed by atoms with Crippen LogP contribution in [-0.2, 0) is 0 Å². The summed E-state index contributed by atoms with van der Waals surface area (Å²) in [5.41, 5.74) is 0. The Bertz CT molecular complexity index is 201. The third-order valence-corrected chi connectivity index (χ3v) is 0.683. The number of carboxylic acid groups (broad SMARTS) is 1. The fourth-order valence-electron chi connectivity index (χ4n) is 0.408. The Labute approximate surface area is 120 Å². The van der Waals surface area contributed by atoms with Crippen LogP contribution in [0.5, 0.6) is 5.95 Å². The van der Waals surface area contributed by atoms with Gasteiger partial charge in [-0.05, 0) is 6.07 Å². The molecule has 0 aromatic carbocycles. The number of hydrogen-bond acceptors (Lipinski definition) is 3. The van der Waals surface area contributed by atoms with Gasteiger partial charge in [-0.2, -0.15) is 0 Å². The average Bonchev–Trinajstić information content (AvgIpc) is 2.15. The van der Waals surface area contributed by atoms with Gasteiger partial charge in [-0.25, -0.2) is 4.79 Å². The predicted molar refractivity (Wildman–Crippen MR) is 51.7 cm³/mol. The van der Waals surface area contributed by atoms with Gasteiger partial charge in [0.15, 0.2) is 0 Å². The molecule has 1 aromatic rings. The molecule has 0 bridgehead atoms. The Hall–Kier alpha value is 0.496. The van der Waals surface area contributed by atoms with Crippen molar-refractivity contribution in [1.82, 2.24) is 0 Å². The molecular weight excluding hydrogens is 220 g/mol. The summed E-state index contributed by atoms with van der Waals surface area (Å²) in [6, 6.07) is 2.95. The molecule has 0 saturated heterocycles. The van der Waals surface area contributed by atoms with Crippen LogP contribution in [0, 0.1) is 0 Å². The summed E-state index contributed by atoms with van der Waals surface area (Å²) in [5, 5.41) is 8.00. The standard InChI is InChI=1S/C5H4O4.Ca.Mg.2H2O.4H/c6-5(7)9-4-2-1-3-8-4;;;;;;;;/h1-3H,(H,6,7);;;2*1H2;;;;. The number of furan rings is 1. The van der Waals surface area contributed by atoms with Gasteiger partial charge in [0.1, 0.15) is 0 Å². The molecule has 1 heterocycles. The normalized spacial score (nSPS) is 6.15. The fraction of sp³-hybridized carbons (Fsp3) is 0. The van der Waals surface area contributed by atoms with Crippen molar-refractivity contribution in [2.75, 3.05) is 0 Å². The minimum Gasteiger partial charge on any atom is 0.316 e. The minimum absolute atomic E-state index is 0. The van der Waals surface area contributed by atoms with E-state index in [1.807, 2.05) is 0 Å². The van der Waals surface area contributed by atoms with E-state index >= 15 is 0 Å². The summed E-state index contributed by atoms with van der Waals surface area (Å²) < 4.78 is 8.65. The zero-order valence-corrected chi connectivity index (χ0v) is 5.40. The summed E-state index contributed by atoms with van der Waals surface area (Å²) in [6.45, 7) is 0. The van der Waals surface area contributed by atoms with Crippen molar-refractivity contribution in [3.05, 3.63) is 18.4 Å². The van der Waals surface area contributed by atoms with E-state index in [-0.39, 0.29) is 77.7 Å². The number of carbonyl (C=O) groups is 1. The van der Waals surface area contributed by atoms with Crippen LogP contribution in [0.4, 0.5) is 4.79 Å². The molecule has 0 spiro atoms. The van der Waals surface area contributed by atoms with Crippen LogP contribution < -0.4 is 4.74 Å². The topological polar surface area (TPSA) is 123 Å². The first-order valence-corrected chi connectivity index (χ1v) is 2.23. The molecule has 0 radical (unpaired) electrons. The molecule has 0 aliphatic rings. The second-order valence-corrected chi connectivity index (χ2v) is 1.30. The molecule has 72 valence electrons. The quantitative estimate of drug-likeness (QED) is 0.438. The molecule has 8 heteroatoms. The van der Waals surface area contributed by atoms with Crippen LogP contribution in [-0.4, -0.2) is 83.0 Å². The summed E-state index contributed by atoms with van der Waals surface area (Å²) in [4.78, 5) is 9.78. The van der Waals surface area contributed by atoms with Crippen molar-refractivity contribution >= 4 is 66.9 Å². The smallest absolute Gasteiger partial charge is 0.316 e. The van der Waals surface area contributed by atoms with Crippen LogP contribution in [0.2, 0.25) is 0 Å². The van der Waals surface area contributed by atoms with E-state index in [4.69, 9.17) is 5.11 Å². The van der Waals surface area contributed by atoms with Gasteiger partial charge >= 0.3 is 66.9 Å². The molecule has 0 aliphatic heterocycles. The second kappa shape index (κ2) is 12.5. The van der Waals surface area contributed by atoms with Crippen molar-refractivity contribution in [1.29, 1.82) is 0 Å². The first-order valence-electron chi connectivity index (χ1n) is 2.23. The largest absolute Gasteiger partial charge is 0.316 e. The van der Waals surface area contributed by atoms with Gasteiger partial charge in [-0.15, -0.1) is 0 Å². The Morgan fingerprint density at radius 2 is 2.00 bits per heavy atom. The number of ether oxygens (including phenoxy) is 1. The van der Waals surface area contributed by atoms with Gasteiger partial charge in [0.05, 0.1) is 6.26 Å². The molecule has 0 fully saturated rings. The monoisotopic (exact) mass is 232 g/mol. The molecule has 5 N–H and O–H groups in total. The van der Waals surface area contributed by atoms with E-state index in [2.05, 4.69) is 9.15 Å². The Morgan fingerprint density at radius 3 is 2.31 bits per heavy atom. The molecule has 1 rings (SSSR count). The summed E-state index contributed by atoms with van der Waals surface area (Å²) in [7, 11) is 0. The molecule has 13 heavy (non-hydrogen) atoms. The summed E-state index contributed by atoms with van der Waals surface area (Å²) in [6.07, 6.45) is -0.0388. The summed E-state index contributed by atoms with van der Waals surface area (Å²) in [5.74, 6) is -0.0116. The Morgan fingerprint density at radius 1 is 1.46 bits per heavy atom. The third-order valence-electron chi connectivity index (χ3n) is 0.683. The Balaban J connectivity index is -0.000000101. The first kappa shape index (κ1) is 23.4. The molecular formula is C5H12CaMgO6. The van der Waals surface area contributed by atoms with E-state index in [9.17, 15) is 4.79 Å². The van der Waals surface area contributed by atoms with E-state index in [1.54, 1.807) is 0 Å². The molecule has 0 atom stereocenters. The van der Waals surface area contributed by atoms with Crippen molar-refractivity contribution in [3.63, 3.8) is 0 Å². The van der Waals surface area contributed by atoms with Gasteiger partial charge in [-0.3, -0.25) is 0 Å². The van der Waals surface area contributed by atoms with Crippen molar-refractivity contribution < 1.29 is 30.0 Å². The maximum atomic E-state index is 9.78. The SMILES string of the molecule is O.O.O=C(O)Oc1ccco1.[CaH2].[MgH2]. The van der Waals surface area contributed by atoms with Crippen molar-refractivity contribution in [2.24, 2.45) is 0 Å². The van der Waals surface area contributed by atoms with Crippen LogP contribution in [0.15, 0.2) is 22.8 Å². The molecule has 6 nitrogen and oxygen atoms in total. The molecule has 1 aromatic heterocycles. The van der Waals surface area contributed by atoms with Crippen molar-refractivity contribution in [3.8, 4) is 5.95 Å². The van der Waals surface area contributed by atoms with E-state index in [0.29, 0.717) is 0 Å². The van der Waals surface area contributed by atoms with Gasteiger partial charge < -0.3 is 25.2 Å². The zero-order valence-electron chi connectivity index (χ0n) is 5.40. The van der Waals surface area contributed by atoms with Crippen LogP contribution in [0.1, 0.15) is 0 Å². The van der Waals surface area contributed by atoms with Crippen LogP contribution in [0.25, 0.3) is 0 Å². The van der Waals surface area contributed by atoms with Crippen molar-refractivity contribution in [2.45, 2.75) is 0 Å². The van der Waals surface area contributed by atoms with Gasteiger partial charge in [0.25, 0.3) is 5.95 Å². The Kier molecular flexibility index (Phi) is 22.5. The van der Waals surface area contributed by atoms with Gasteiger partial charge in [-0.1, -0.05) is 0 Å². The fourth-order valence-corrected chi connectivity index (χ4v) is 0.408. The molecule has 0 unspecified atom stereocenters. The first-order chi connectivity index (χ1) is 4.29. The second-order valence-electron chi connectivity index (χ2n) is 1.30. The van der Waals surface area contributed by atoms with Gasteiger partial charge in [0.2, 0.25) is 0 Å². The maximum Gasteiger partial charge on any atom is 0.316 e. The zero-order chi connectivity index (χ0) is 6.69. The average molecular weight is 233 g/mol. The van der Waals surface area contributed by atoms with E-state index < -0.39 is 6.16 Å². The van der Waals surface area contributed by atoms with E-state index in [0.717, 1.165) is 0 Å². The number of hydrogen-bond donors (Lipinski definition) is 1. The van der Waals surface area contributed by atoms with E-state index in [1.165, 1.54) is 18.4 Å². The third kappa shape index (κ3) is 10.4. The molecule has 0 aliphatic carbocycles. The van der Waals surface area contributed by atoms with Gasteiger partial charge in [0, 0.05) is 6.07 Å².